The number of carboxylic acid groups (broad SMARTS) is 1. The molecule has 0 saturated carbocycles. The van der Waals surface area contributed by atoms with Gasteiger partial charge in [0.1, 0.15) is 0 Å². The van der Waals surface area contributed by atoms with Gasteiger partial charge in [-0.05, 0) is 35.9 Å². The summed E-state index contributed by atoms with van der Waals surface area (Å²) in [6.07, 6.45) is -1.68. The topological polar surface area (TPSA) is 135 Å². The molecule has 2 aromatic rings. The number of azo groups is 1. The fourth-order valence-corrected chi connectivity index (χ4v) is 2.18. The fourth-order valence-electron chi connectivity index (χ4n) is 2.18. The van der Waals surface area contributed by atoms with Crippen molar-refractivity contribution in [3.63, 3.8) is 0 Å². The van der Waals surface area contributed by atoms with Gasteiger partial charge >= 0.3 is 17.9 Å². The van der Waals surface area contributed by atoms with Crippen molar-refractivity contribution in [3.05, 3.63) is 59.2 Å². The Morgan fingerprint density at radius 2 is 1.48 bits per heavy atom. The predicted octanol–water partition coefficient (Wildman–Crippen LogP) is 2.79. The Kier molecular flexibility index (Phi) is 6.34. The quantitative estimate of drug-likeness (QED) is 0.588. The SMILES string of the molecule is COC(=O)c1ccc(N=Nc2cccc(C(O)C(=O)O)c2)cc1C(=O)OC. The second-order valence-electron chi connectivity index (χ2n) is 5.25. The third-order valence-electron chi connectivity index (χ3n) is 3.51. The van der Waals surface area contributed by atoms with Gasteiger partial charge in [0.05, 0.1) is 36.7 Å². The van der Waals surface area contributed by atoms with Crippen molar-refractivity contribution >= 4 is 29.3 Å². The number of aliphatic hydroxyl groups excluding tert-OH is 1. The maximum Gasteiger partial charge on any atom is 0.338 e. The molecule has 2 N–H and O–H groups in total. The highest BCUT2D eigenvalue weighted by atomic mass is 16.5. The van der Waals surface area contributed by atoms with Gasteiger partial charge in [-0.3, -0.25) is 0 Å². The first-order chi connectivity index (χ1) is 12.9. The van der Waals surface area contributed by atoms with Crippen molar-refractivity contribution in [2.24, 2.45) is 10.2 Å². The van der Waals surface area contributed by atoms with Gasteiger partial charge in [0.15, 0.2) is 6.10 Å². The molecule has 2 rings (SSSR count). The summed E-state index contributed by atoms with van der Waals surface area (Å²) >= 11 is 0. The fraction of sp³-hybridized carbons (Fsp3) is 0.167. The van der Waals surface area contributed by atoms with E-state index in [1.165, 1.54) is 50.6 Å². The van der Waals surface area contributed by atoms with Gasteiger partial charge in [-0.2, -0.15) is 10.2 Å². The van der Waals surface area contributed by atoms with E-state index in [-0.39, 0.29) is 22.4 Å². The largest absolute Gasteiger partial charge is 0.479 e. The van der Waals surface area contributed by atoms with Crippen LogP contribution in [-0.2, 0) is 14.3 Å². The van der Waals surface area contributed by atoms with Crippen molar-refractivity contribution < 1.29 is 34.1 Å². The molecule has 0 aliphatic heterocycles. The van der Waals surface area contributed by atoms with Crippen molar-refractivity contribution in [1.29, 1.82) is 0 Å². The number of carbonyl (C=O) groups is 3. The molecule has 0 saturated heterocycles. The number of hydrogen-bond donors (Lipinski definition) is 2. The number of ether oxygens (including phenoxy) is 2. The lowest BCUT2D eigenvalue weighted by atomic mass is 10.1. The van der Waals surface area contributed by atoms with E-state index < -0.39 is 24.0 Å². The molecule has 0 spiro atoms. The first-order valence-corrected chi connectivity index (χ1v) is 7.60. The lowest BCUT2D eigenvalue weighted by Crippen LogP contribution is -2.11. The van der Waals surface area contributed by atoms with Crippen LogP contribution in [0.5, 0.6) is 0 Å². The Balaban J connectivity index is 2.34. The molecule has 9 heteroatoms. The summed E-state index contributed by atoms with van der Waals surface area (Å²) in [4.78, 5) is 34.5. The zero-order valence-corrected chi connectivity index (χ0v) is 14.4. The minimum Gasteiger partial charge on any atom is -0.479 e. The van der Waals surface area contributed by atoms with E-state index in [4.69, 9.17) is 5.11 Å². The van der Waals surface area contributed by atoms with Crippen molar-refractivity contribution in [1.82, 2.24) is 0 Å². The zero-order chi connectivity index (χ0) is 20.0. The van der Waals surface area contributed by atoms with Crippen LogP contribution in [0.25, 0.3) is 0 Å². The van der Waals surface area contributed by atoms with Crippen LogP contribution in [0.4, 0.5) is 11.4 Å². The van der Waals surface area contributed by atoms with E-state index in [1.54, 1.807) is 6.07 Å². The third kappa shape index (κ3) is 4.73. The number of aliphatic carboxylic acids is 1. The molecule has 1 atom stereocenters. The van der Waals surface area contributed by atoms with Crippen molar-refractivity contribution in [3.8, 4) is 0 Å². The highest BCUT2D eigenvalue weighted by Crippen LogP contribution is 2.25. The van der Waals surface area contributed by atoms with E-state index in [1.807, 2.05) is 0 Å². The summed E-state index contributed by atoms with van der Waals surface area (Å²) in [7, 11) is 2.37. The number of aliphatic hydroxyl groups is 1. The summed E-state index contributed by atoms with van der Waals surface area (Å²) in [6, 6.07) is 10.0. The van der Waals surface area contributed by atoms with Gasteiger partial charge in [-0.1, -0.05) is 12.1 Å². The molecule has 0 heterocycles. The molecule has 27 heavy (non-hydrogen) atoms. The number of benzene rings is 2. The summed E-state index contributed by atoms with van der Waals surface area (Å²) < 4.78 is 9.27. The van der Waals surface area contributed by atoms with Crippen LogP contribution in [0.15, 0.2) is 52.7 Å². The second kappa shape index (κ2) is 8.68. The lowest BCUT2D eigenvalue weighted by molar-refractivity contribution is -0.146. The van der Waals surface area contributed by atoms with Gasteiger partial charge in [0.25, 0.3) is 0 Å². The Labute approximate surface area is 153 Å². The number of carboxylic acids is 1. The standard InChI is InChI=1S/C18H16N2O7/c1-26-17(24)13-7-6-12(9-14(13)18(25)27-2)20-19-11-5-3-4-10(8-11)15(21)16(22)23/h3-9,15,21H,1-2H3,(H,22,23). The Morgan fingerprint density at radius 1 is 0.889 bits per heavy atom. The van der Waals surface area contributed by atoms with E-state index >= 15 is 0 Å². The average molecular weight is 372 g/mol. The number of hydrogen-bond acceptors (Lipinski definition) is 8. The first kappa shape index (κ1) is 19.7. The lowest BCUT2D eigenvalue weighted by Gasteiger charge is -2.07. The molecule has 0 bridgehead atoms. The number of methoxy groups -OCH3 is 2. The Morgan fingerprint density at radius 3 is 2.07 bits per heavy atom. The molecule has 0 aromatic heterocycles. The minimum absolute atomic E-state index is 0.0230. The summed E-state index contributed by atoms with van der Waals surface area (Å²) in [5.74, 6) is -2.82. The Bertz CT molecular complexity index is 908. The first-order valence-electron chi connectivity index (χ1n) is 7.60. The average Bonchev–Trinajstić information content (AvgIpc) is 2.70. The van der Waals surface area contributed by atoms with Crippen LogP contribution in [-0.4, -0.2) is 42.3 Å². The molecule has 9 nitrogen and oxygen atoms in total. The number of carbonyl (C=O) groups excluding carboxylic acids is 2. The predicted molar refractivity (Wildman–Crippen MR) is 92.3 cm³/mol. The van der Waals surface area contributed by atoms with Gasteiger partial charge in [0, 0.05) is 0 Å². The highest BCUT2D eigenvalue weighted by molar-refractivity contribution is 6.03. The molecule has 1 unspecified atom stereocenters. The molecular formula is C18H16N2O7. The van der Waals surface area contributed by atoms with Crippen LogP contribution in [0.1, 0.15) is 32.4 Å². The smallest absolute Gasteiger partial charge is 0.338 e. The molecule has 0 radical (unpaired) electrons. The number of nitrogens with zero attached hydrogens (tertiary/aromatic N) is 2. The molecule has 2 aromatic carbocycles. The summed E-state index contributed by atoms with van der Waals surface area (Å²) in [5, 5.41) is 26.3. The third-order valence-corrected chi connectivity index (χ3v) is 3.51. The number of esters is 2. The van der Waals surface area contributed by atoms with Gasteiger partial charge in [-0.25, -0.2) is 14.4 Å². The minimum atomic E-state index is -1.68. The number of rotatable bonds is 6. The molecule has 140 valence electrons. The maximum atomic E-state index is 11.9. The maximum absolute atomic E-state index is 11.9. The van der Waals surface area contributed by atoms with Crippen LogP contribution in [0.3, 0.4) is 0 Å². The van der Waals surface area contributed by atoms with Crippen LogP contribution < -0.4 is 0 Å². The van der Waals surface area contributed by atoms with E-state index in [2.05, 4.69) is 19.7 Å². The second-order valence-corrected chi connectivity index (χ2v) is 5.25. The van der Waals surface area contributed by atoms with Crippen LogP contribution in [0, 0.1) is 0 Å². The molecule has 0 aliphatic carbocycles. The highest BCUT2D eigenvalue weighted by Gasteiger charge is 2.19. The van der Waals surface area contributed by atoms with Gasteiger partial charge < -0.3 is 19.7 Å². The summed E-state index contributed by atoms with van der Waals surface area (Å²) in [5.41, 5.74) is 0.692. The normalized spacial score (nSPS) is 11.8. The van der Waals surface area contributed by atoms with E-state index in [9.17, 15) is 19.5 Å². The molecule has 0 amide bonds. The van der Waals surface area contributed by atoms with Crippen molar-refractivity contribution in [2.45, 2.75) is 6.10 Å². The molecule has 0 aliphatic rings. The van der Waals surface area contributed by atoms with Crippen LogP contribution >= 0.6 is 0 Å². The van der Waals surface area contributed by atoms with Gasteiger partial charge in [0.2, 0.25) is 0 Å². The molecule has 0 fully saturated rings. The van der Waals surface area contributed by atoms with Crippen LogP contribution in [0.2, 0.25) is 0 Å². The summed E-state index contributed by atoms with van der Waals surface area (Å²) in [6.45, 7) is 0. The zero-order valence-electron chi connectivity index (χ0n) is 14.4. The van der Waals surface area contributed by atoms with Crippen molar-refractivity contribution in [2.75, 3.05) is 14.2 Å². The van der Waals surface area contributed by atoms with E-state index in [0.29, 0.717) is 5.69 Å². The molecular weight excluding hydrogens is 356 g/mol. The monoisotopic (exact) mass is 372 g/mol. The van der Waals surface area contributed by atoms with Gasteiger partial charge in [-0.15, -0.1) is 0 Å². The van der Waals surface area contributed by atoms with E-state index in [0.717, 1.165) is 0 Å². The Hall–Kier alpha value is -3.59.